The second-order valence-corrected chi connectivity index (χ2v) is 3.89. The maximum absolute atomic E-state index is 10.5. The van der Waals surface area contributed by atoms with E-state index in [1.807, 2.05) is 0 Å². The first-order valence-electron chi connectivity index (χ1n) is 5.16. The van der Waals surface area contributed by atoms with E-state index in [1.54, 1.807) is 0 Å². The normalized spacial score (nSPS) is 16.8. The van der Waals surface area contributed by atoms with E-state index < -0.39 is 5.97 Å². The molecule has 0 amide bonds. The molecule has 86 valence electrons. The molecule has 6 nitrogen and oxygen atoms in total. The van der Waals surface area contributed by atoms with Gasteiger partial charge in [0, 0.05) is 6.54 Å². The number of aliphatic hydroxyl groups is 1. The third-order valence-electron chi connectivity index (χ3n) is 2.54. The van der Waals surface area contributed by atoms with Gasteiger partial charge in [-0.05, 0) is 30.9 Å². The van der Waals surface area contributed by atoms with Crippen molar-refractivity contribution in [3.8, 4) is 0 Å². The summed E-state index contributed by atoms with van der Waals surface area (Å²) in [5, 5.41) is 28.3. The van der Waals surface area contributed by atoms with Gasteiger partial charge in [0.25, 0.3) is 0 Å². The first kappa shape index (κ1) is 10.8. The van der Waals surface area contributed by atoms with E-state index in [2.05, 4.69) is 15.5 Å². The van der Waals surface area contributed by atoms with E-state index in [0.717, 1.165) is 12.8 Å². The number of rotatable bonds is 5. The molecule has 3 N–H and O–H groups in total. The smallest absolute Gasteiger partial charge is 0.356 e. The van der Waals surface area contributed by atoms with Crippen LogP contribution in [0.5, 0.6) is 0 Å². The van der Waals surface area contributed by atoms with Crippen LogP contribution < -0.4 is 5.32 Å². The molecule has 1 atom stereocenters. The minimum Gasteiger partial charge on any atom is -0.476 e. The summed E-state index contributed by atoms with van der Waals surface area (Å²) in [5.41, 5.74) is -0.0895. The summed E-state index contributed by atoms with van der Waals surface area (Å²) in [4.78, 5) is 10.5. The van der Waals surface area contributed by atoms with Crippen LogP contribution in [0.4, 0.5) is 5.82 Å². The molecule has 6 heteroatoms. The third-order valence-corrected chi connectivity index (χ3v) is 2.54. The third kappa shape index (κ3) is 2.66. The summed E-state index contributed by atoms with van der Waals surface area (Å²) >= 11 is 0. The molecule has 0 aliphatic heterocycles. The highest BCUT2D eigenvalue weighted by Crippen LogP contribution is 2.32. The van der Waals surface area contributed by atoms with E-state index in [0.29, 0.717) is 18.3 Å². The molecule has 1 aromatic heterocycles. The monoisotopic (exact) mass is 223 g/mol. The van der Waals surface area contributed by atoms with E-state index in [-0.39, 0.29) is 11.8 Å². The molecule has 1 unspecified atom stereocenters. The summed E-state index contributed by atoms with van der Waals surface area (Å²) in [6.45, 7) is 0.422. The van der Waals surface area contributed by atoms with E-state index >= 15 is 0 Å². The van der Waals surface area contributed by atoms with Gasteiger partial charge in [-0.25, -0.2) is 4.79 Å². The average molecular weight is 223 g/mol. The van der Waals surface area contributed by atoms with Gasteiger partial charge in [-0.3, -0.25) is 0 Å². The zero-order valence-electron chi connectivity index (χ0n) is 8.63. The highest BCUT2D eigenvalue weighted by Gasteiger charge is 2.29. The quantitative estimate of drug-likeness (QED) is 0.667. The molecule has 2 rings (SSSR count). The van der Waals surface area contributed by atoms with Crippen LogP contribution in [-0.2, 0) is 0 Å². The minimum absolute atomic E-state index is 0.0895. The van der Waals surface area contributed by atoms with Crippen molar-refractivity contribution in [2.24, 2.45) is 5.92 Å². The van der Waals surface area contributed by atoms with Crippen LogP contribution in [0.1, 0.15) is 23.3 Å². The number of anilines is 1. The first-order chi connectivity index (χ1) is 7.66. The predicted octanol–water partition coefficient (Wildman–Crippen LogP) is 0.358. The first-order valence-corrected chi connectivity index (χ1v) is 5.16. The highest BCUT2D eigenvalue weighted by atomic mass is 16.4. The van der Waals surface area contributed by atoms with Crippen molar-refractivity contribution in [2.45, 2.75) is 18.9 Å². The summed E-state index contributed by atoms with van der Waals surface area (Å²) in [5.74, 6) is -0.222. The molecule has 1 aliphatic rings. The van der Waals surface area contributed by atoms with Gasteiger partial charge in [0.1, 0.15) is 5.82 Å². The Balaban J connectivity index is 1.86. The molecule has 0 spiro atoms. The molecule has 1 aromatic rings. The minimum atomic E-state index is -1.10. The SMILES string of the molecule is O=C(O)c1ccc(NCC(O)C2CC2)nn1. The van der Waals surface area contributed by atoms with Gasteiger partial charge < -0.3 is 15.5 Å². The lowest BCUT2D eigenvalue weighted by molar-refractivity contribution is 0.0689. The van der Waals surface area contributed by atoms with Gasteiger partial charge in [0.15, 0.2) is 5.69 Å². The number of aliphatic hydroxyl groups excluding tert-OH is 1. The fourth-order valence-electron chi connectivity index (χ4n) is 1.40. The van der Waals surface area contributed by atoms with Crippen molar-refractivity contribution in [1.29, 1.82) is 0 Å². The Labute approximate surface area is 92.3 Å². The largest absolute Gasteiger partial charge is 0.476 e. The Morgan fingerprint density at radius 3 is 2.75 bits per heavy atom. The maximum atomic E-state index is 10.5. The second-order valence-electron chi connectivity index (χ2n) is 3.89. The lowest BCUT2D eigenvalue weighted by atomic mass is 10.2. The van der Waals surface area contributed by atoms with Gasteiger partial charge >= 0.3 is 5.97 Å². The van der Waals surface area contributed by atoms with Crippen molar-refractivity contribution < 1.29 is 15.0 Å². The number of carbonyl (C=O) groups is 1. The number of hydrogen-bond donors (Lipinski definition) is 3. The number of hydrogen-bond acceptors (Lipinski definition) is 5. The van der Waals surface area contributed by atoms with Gasteiger partial charge in [-0.1, -0.05) is 0 Å². The molecule has 0 saturated heterocycles. The standard InChI is InChI=1S/C10H13N3O3/c14-8(6-1-2-6)5-11-9-4-3-7(10(15)16)12-13-9/h3-4,6,8,14H,1-2,5H2,(H,11,13)(H,15,16). The van der Waals surface area contributed by atoms with Crippen molar-refractivity contribution >= 4 is 11.8 Å². The topological polar surface area (TPSA) is 95.3 Å². The Morgan fingerprint density at radius 2 is 2.25 bits per heavy atom. The average Bonchev–Trinajstić information content (AvgIpc) is 3.10. The van der Waals surface area contributed by atoms with Crippen LogP contribution in [0.3, 0.4) is 0 Å². The molecule has 0 aromatic carbocycles. The van der Waals surface area contributed by atoms with Crippen LogP contribution in [0.2, 0.25) is 0 Å². The predicted molar refractivity (Wildman–Crippen MR) is 56.2 cm³/mol. The summed E-state index contributed by atoms with van der Waals surface area (Å²) < 4.78 is 0. The molecule has 16 heavy (non-hydrogen) atoms. The van der Waals surface area contributed by atoms with Crippen molar-refractivity contribution in [1.82, 2.24) is 10.2 Å². The number of aromatic carboxylic acids is 1. The van der Waals surface area contributed by atoms with Crippen LogP contribution >= 0.6 is 0 Å². The Morgan fingerprint density at radius 1 is 1.50 bits per heavy atom. The van der Waals surface area contributed by atoms with Gasteiger partial charge in [-0.2, -0.15) is 0 Å². The van der Waals surface area contributed by atoms with Gasteiger partial charge in [-0.15, -0.1) is 10.2 Å². The lowest BCUT2D eigenvalue weighted by Crippen LogP contribution is -2.22. The lowest BCUT2D eigenvalue weighted by Gasteiger charge is -2.10. The maximum Gasteiger partial charge on any atom is 0.356 e. The van der Waals surface area contributed by atoms with E-state index in [4.69, 9.17) is 5.11 Å². The van der Waals surface area contributed by atoms with Gasteiger partial charge in [0.05, 0.1) is 6.10 Å². The number of carboxylic acids is 1. The molecule has 1 aliphatic carbocycles. The van der Waals surface area contributed by atoms with Gasteiger partial charge in [0.2, 0.25) is 0 Å². The van der Waals surface area contributed by atoms with Crippen molar-refractivity contribution in [3.63, 3.8) is 0 Å². The molecule has 1 heterocycles. The molecular weight excluding hydrogens is 210 g/mol. The number of nitrogens with one attached hydrogen (secondary N) is 1. The van der Waals surface area contributed by atoms with Crippen LogP contribution in [-0.4, -0.2) is 39.0 Å². The molecule has 1 saturated carbocycles. The molecule has 0 radical (unpaired) electrons. The van der Waals surface area contributed by atoms with Crippen LogP contribution in [0.25, 0.3) is 0 Å². The number of aromatic nitrogens is 2. The Bertz CT molecular complexity index is 375. The van der Waals surface area contributed by atoms with Crippen molar-refractivity contribution in [3.05, 3.63) is 17.8 Å². The Hall–Kier alpha value is -1.69. The summed E-state index contributed by atoms with van der Waals surface area (Å²) in [6, 6.07) is 2.91. The highest BCUT2D eigenvalue weighted by molar-refractivity contribution is 5.85. The second kappa shape index (κ2) is 4.44. The zero-order chi connectivity index (χ0) is 11.5. The fraction of sp³-hybridized carbons (Fsp3) is 0.500. The Kier molecular flexibility index (Phi) is 3.00. The van der Waals surface area contributed by atoms with E-state index in [1.165, 1.54) is 12.1 Å². The van der Waals surface area contributed by atoms with Crippen LogP contribution in [0.15, 0.2) is 12.1 Å². The molecule has 1 fully saturated rings. The molecule has 0 bridgehead atoms. The zero-order valence-corrected chi connectivity index (χ0v) is 8.63. The van der Waals surface area contributed by atoms with Crippen LogP contribution in [0, 0.1) is 5.92 Å². The summed E-state index contributed by atoms with van der Waals surface area (Å²) in [7, 11) is 0. The molecular formula is C10H13N3O3. The fourth-order valence-corrected chi connectivity index (χ4v) is 1.40. The summed E-state index contributed by atoms with van der Waals surface area (Å²) in [6.07, 6.45) is 1.79. The number of nitrogens with zero attached hydrogens (tertiary/aromatic N) is 2. The number of carboxylic acid groups (broad SMARTS) is 1. The van der Waals surface area contributed by atoms with Crippen molar-refractivity contribution in [2.75, 3.05) is 11.9 Å². The van der Waals surface area contributed by atoms with E-state index in [9.17, 15) is 9.90 Å².